The van der Waals surface area contributed by atoms with E-state index in [0.717, 1.165) is 22.5 Å². The molecule has 2 nitrogen and oxygen atoms in total. The van der Waals surface area contributed by atoms with Crippen LogP contribution >= 0.6 is 0 Å². The molecule has 0 saturated heterocycles. The van der Waals surface area contributed by atoms with Gasteiger partial charge in [-0.1, -0.05) is 43.7 Å². The summed E-state index contributed by atoms with van der Waals surface area (Å²) in [4.78, 5) is 0. The van der Waals surface area contributed by atoms with Crippen LogP contribution in [0.25, 0.3) is 27.5 Å². The summed E-state index contributed by atoms with van der Waals surface area (Å²) in [6.45, 7) is 14.9. The Hall–Kier alpha value is -3.40. The molecular formula is C31H33F2NO. The molecule has 4 aromatic rings. The van der Waals surface area contributed by atoms with Crippen molar-refractivity contribution < 1.29 is 13.5 Å². The third-order valence-corrected chi connectivity index (χ3v) is 6.22. The van der Waals surface area contributed by atoms with Crippen molar-refractivity contribution in [1.29, 1.82) is 0 Å². The third-order valence-electron chi connectivity index (χ3n) is 6.22. The van der Waals surface area contributed by atoms with Crippen LogP contribution in [0.1, 0.15) is 45.2 Å². The van der Waals surface area contributed by atoms with Crippen LogP contribution in [0.5, 0.6) is 5.75 Å². The topological polar surface area (TPSA) is 14.2 Å². The van der Waals surface area contributed by atoms with Crippen LogP contribution in [-0.2, 0) is 0 Å². The predicted octanol–water partition coefficient (Wildman–Crippen LogP) is 9.31. The summed E-state index contributed by atoms with van der Waals surface area (Å²) in [7, 11) is 0. The standard InChI is InChI=1S/C31H33F2NO/c1-20-8-14-28-25(16-20)26-17-21(2)9-15-29(26)34(28)23-10-12-24(13-11-23)35-31(6,7)19-30(4,5)18-27(33)22(3)32/h8-18H,3,19H2,1-2,4-7H3/b27-18-. The smallest absolute Gasteiger partial charge is 0.154 e. The summed E-state index contributed by atoms with van der Waals surface area (Å²) in [5, 5.41) is 2.48. The van der Waals surface area contributed by atoms with E-state index in [4.69, 9.17) is 4.74 Å². The normalized spacial score (nSPS) is 13.0. The van der Waals surface area contributed by atoms with Gasteiger partial charge in [0.2, 0.25) is 0 Å². The summed E-state index contributed by atoms with van der Waals surface area (Å²) in [5.74, 6) is -1.25. The lowest BCUT2D eigenvalue weighted by molar-refractivity contribution is 0.0693. The molecule has 0 saturated carbocycles. The lowest BCUT2D eigenvalue weighted by Crippen LogP contribution is -2.33. The number of benzene rings is 3. The van der Waals surface area contributed by atoms with Crippen LogP contribution in [0.15, 0.2) is 85.0 Å². The fraction of sp³-hybridized carbons (Fsp3) is 0.290. The Morgan fingerprint density at radius 3 is 1.86 bits per heavy atom. The second-order valence-corrected chi connectivity index (χ2v) is 10.8. The number of rotatable bonds is 7. The van der Waals surface area contributed by atoms with Crippen molar-refractivity contribution in [1.82, 2.24) is 4.57 Å². The molecule has 35 heavy (non-hydrogen) atoms. The number of hydrogen-bond donors (Lipinski definition) is 0. The minimum Gasteiger partial charge on any atom is -0.488 e. The van der Waals surface area contributed by atoms with Crippen molar-refractivity contribution in [2.75, 3.05) is 0 Å². The second-order valence-electron chi connectivity index (χ2n) is 10.8. The lowest BCUT2D eigenvalue weighted by Gasteiger charge is -2.33. The first-order valence-electron chi connectivity index (χ1n) is 11.9. The van der Waals surface area contributed by atoms with Gasteiger partial charge in [0.25, 0.3) is 0 Å². The maximum absolute atomic E-state index is 13.8. The van der Waals surface area contributed by atoms with Crippen molar-refractivity contribution >= 4 is 21.8 Å². The first kappa shape index (κ1) is 24.7. The summed E-state index contributed by atoms with van der Waals surface area (Å²) >= 11 is 0. The van der Waals surface area contributed by atoms with Gasteiger partial charge in [0, 0.05) is 16.5 Å². The minimum absolute atomic E-state index is 0.494. The van der Waals surface area contributed by atoms with E-state index in [1.165, 1.54) is 28.0 Å². The van der Waals surface area contributed by atoms with E-state index < -0.39 is 22.7 Å². The first-order valence-corrected chi connectivity index (χ1v) is 11.9. The van der Waals surface area contributed by atoms with Gasteiger partial charge in [0.1, 0.15) is 11.4 Å². The highest BCUT2D eigenvalue weighted by atomic mass is 19.2. The van der Waals surface area contributed by atoms with E-state index in [-0.39, 0.29) is 0 Å². The number of hydrogen-bond acceptors (Lipinski definition) is 1. The van der Waals surface area contributed by atoms with Crippen LogP contribution in [0.3, 0.4) is 0 Å². The number of nitrogens with zero attached hydrogens (tertiary/aromatic N) is 1. The fourth-order valence-electron chi connectivity index (χ4n) is 5.12. The van der Waals surface area contributed by atoms with E-state index in [1.54, 1.807) is 0 Å². The summed E-state index contributed by atoms with van der Waals surface area (Å²) < 4.78 is 35.5. The third kappa shape index (κ3) is 5.32. The van der Waals surface area contributed by atoms with E-state index in [0.29, 0.717) is 6.42 Å². The summed E-state index contributed by atoms with van der Waals surface area (Å²) in [6, 6.07) is 21.2. The van der Waals surface area contributed by atoms with Gasteiger partial charge in [-0.3, -0.25) is 0 Å². The Kier molecular flexibility index (Phi) is 6.35. The molecule has 0 unspecified atom stereocenters. The largest absolute Gasteiger partial charge is 0.488 e. The predicted molar refractivity (Wildman–Crippen MR) is 143 cm³/mol. The van der Waals surface area contributed by atoms with E-state index >= 15 is 0 Å². The zero-order chi connectivity index (χ0) is 25.5. The maximum Gasteiger partial charge on any atom is 0.154 e. The molecule has 0 spiro atoms. The average Bonchev–Trinajstić information content (AvgIpc) is 3.05. The van der Waals surface area contributed by atoms with Crippen molar-refractivity contribution in [2.45, 2.75) is 53.6 Å². The van der Waals surface area contributed by atoms with Gasteiger partial charge in [-0.25, -0.2) is 8.78 Å². The molecule has 4 heteroatoms. The van der Waals surface area contributed by atoms with Crippen molar-refractivity contribution in [2.24, 2.45) is 5.41 Å². The lowest BCUT2D eigenvalue weighted by atomic mass is 9.81. The highest BCUT2D eigenvalue weighted by Gasteiger charge is 2.30. The number of aromatic nitrogens is 1. The molecule has 0 bridgehead atoms. The summed E-state index contributed by atoms with van der Waals surface area (Å²) in [6.07, 6.45) is 1.77. The van der Waals surface area contributed by atoms with Gasteiger partial charge in [-0.15, -0.1) is 0 Å². The number of fused-ring (bicyclic) bond motifs is 3. The van der Waals surface area contributed by atoms with Gasteiger partial charge in [-0.05, 0) is 94.1 Å². The van der Waals surface area contributed by atoms with Gasteiger partial charge >= 0.3 is 0 Å². The average molecular weight is 474 g/mol. The Morgan fingerprint density at radius 2 is 1.37 bits per heavy atom. The van der Waals surface area contributed by atoms with E-state index in [2.05, 4.69) is 73.5 Å². The zero-order valence-electron chi connectivity index (χ0n) is 21.4. The van der Waals surface area contributed by atoms with Crippen LogP contribution in [-0.4, -0.2) is 10.2 Å². The second kappa shape index (κ2) is 8.99. The Morgan fingerprint density at radius 1 is 0.857 bits per heavy atom. The number of aryl methyl sites for hydroxylation is 2. The summed E-state index contributed by atoms with van der Waals surface area (Å²) in [5.41, 5.74) is 4.64. The SMILES string of the molecule is C=C(F)/C(F)=C/C(C)(C)CC(C)(C)Oc1ccc(-n2c3ccc(C)cc3c3cc(C)ccc32)cc1. The number of ether oxygens (including phenoxy) is 1. The Bertz CT molecular complexity index is 1380. The zero-order valence-corrected chi connectivity index (χ0v) is 21.4. The molecule has 0 radical (unpaired) electrons. The Labute approximate surface area is 206 Å². The number of allylic oxidation sites excluding steroid dienone is 3. The molecule has 0 fully saturated rings. The molecule has 1 heterocycles. The van der Waals surface area contributed by atoms with Crippen molar-refractivity contribution in [3.05, 3.63) is 96.1 Å². The monoisotopic (exact) mass is 473 g/mol. The highest BCUT2D eigenvalue weighted by Crippen LogP contribution is 2.36. The maximum atomic E-state index is 13.8. The van der Waals surface area contributed by atoms with E-state index in [1.807, 2.05) is 39.8 Å². The van der Waals surface area contributed by atoms with Crippen LogP contribution in [0.4, 0.5) is 8.78 Å². The molecule has 0 N–H and O–H groups in total. The molecule has 0 aliphatic heterocycles. The molecule has 0 amide bonds. The van der Waals surface area contributed by atoms with Crippen molar-refractivity contribution in [3.63, 3.8) is 0 Å². The number of halogens is 2. The molecule has 4 rings (SSSR count). The van der Waals surface area contributed by atoms with Gasteiger partial charge < -0.3 is 9.30 Å². The highest BCUT2D eigenvalue weighted by molar-refractivity contribution is 6.09. The minimum atomic E-state index is -1.05. The fourth-order valence-corrected chi connectivity index (χ4v) is 5.12. The quantitative estimate of drug-likeness (QED) is 0.244. The van der Waals surface area contributed by atoms with Gasteiger partial charge in [0.05, 0.1) is 11.0 Å². The molecule has 1 aromatic heterocycles. The molecule has 0 aliphatic carbocycles. The Balaban J connectivity index is 1.64. The van der Waals surface area contributed by atoms with Crippen LogP contribution in [0.2, 0.25) is 0 Å². The molecule has 182 valence electrons. The van der Waals surface area contributed by atoms with Gasteiger partial charge in [0.15, 0.2) is 11.7 Å². The first-order chi connectivity index (χ1) is 16.3. The molecule has 0 aliphatic rings. The van der Waals surface area contributed by atoms with E-state index in [9.17, 15) is 8.78 Å². The molecular weight excluding hydrogens is 440 g/mol. The molecule has 0 atom stereocenters. The van der Waals surface area contributed by atoms with Crippen molar-refractivity contribution in [3.8, 4) is 11.4 Å². The molecule has 3 aromatic carbocycles. The van der Waals surface area contributed by atoms with Crippen LogP contribution < -0.4 is 4.74 Å². The van der Waals surface area contributed by atoms with Crippen LogP contribution in [0, 0.1) is 19.3 Å². The van der Waals surface area contributed by atoms with Gasteiger partial charge in [-0.2, -0.15) is 0 Å².